The summed E-state index contributed by atoms with van der Waals surface area (Å²) < 4.78 is 80.0. The maximum absolute atomic E-state index is 14.1. The Bertz CT molecular complexity index is 1120. The zero-order valence-corrected chi connectivity index (χ0v) is 18.6. The van der Waals surface area contributed by atoms with Crippen molar-refractivity contribution in [2.75, 3.05) is 13.1 Å². The molecular formula is C23H24F4N2O3S. The number of nitrogens with zero attached hydrogens (tertiary/aromatic N) is 2. The summed E-state index contributed by atoms with van der Waals surface area (Å²) in [4.78, 5) is 14.5. The van der Waals surface area contributed by atoms with Gasteiger partial charge in [0, 0.05) is 37.2 Å². The van der Waals surface area contributed by atoms with Gasteiger partial charge in [0.25, 0.3) is 0 Å². The second kappa shape index (κ2) is 9.06. The molecule has 0 unspecified atom stereocenters. The molecular weight excluding hydrogens is 460 g/mol. The number of benzene rings is 2. The molecule has 0 spiro atoms. The van der Waals surface area contributed by atoms with Crippen molar-refractivity contribution in [3.05, 3.63) is 65.5 Å². The first-order valence-electron chi connectivity index (χ1n) is 10.8. The van der Waals surface area contributed by atoms with Crippen LogP contribution in [0.15, 0.2) is 53.4 Å². The molecule has 1 saturated heterocycles. The maximum atomic E-state index is 14.1. The number of rotatable bonds is 6. The first kappa shape index (κ1) is 23.7. The van der Waals surface area contributed by atoms with Gasteiger partial charge in [-0.1, -0.05) is 24.3 Å². The van der Waals surface area contributed by atoms with Crippen molar-refractivity contribution >= 4 is 15.9 Å². The fraction of sp³-hybridized carbons (Fsp3) is 0.435. The van der Waals surface area contributed by atoms with E-state index in [0.717, 1.165) is 35.3 Å². The van der Waals surface area contributed by atoms with Crippen molar-refractivity contribution in [2.45, 2.75) is 49.3 Å². The zero-order valence-electron chi connectivity index (χ0n) is 17.8. The average Bonchev–Trinajstić information content (AvgIpc) is 3.63. The van der Waals surface area contributed by atoms with E-state index in [1.807, 2.05) is 0 Å². The quantitative estimate of drug-likeness (QED) is 0.570. The minimum atomic E-state index is -4.64. The van der Waals surface area contributed by atoms with Gasteiger partial charge in [-0.2, -0.15) is 17.5 Å². The van der Waals surface area contributed by atoms with Crippen LogP contribution in [0, 0.1) is 11.7 Å². The molecule has 2 aromatic rings. The van der Waals surface area contributed by atoms with Crippen LogP contribution in [0.4, 0.5) is 17.6 Å². The van der Waals surface area contributed by atoms with Crippen molar-refractivity contribution in [1.29, 1.82) is 0 Å². The molecule has 178 valence electrons. The van der Waals surface area contributed by atoms with E-state index in [1.54, 1.807) is 23.1 Å². The van der Waals surface area contributed by atoms with Crippen LogP contribution in [-0.2, 0) is 27.5 Å². The lowest BCUT2D eigenvalue weighted by molar-refractivity contribution is -0.138. The summed E-state index contributed by atoms with van der Waals surface area (Å²) in [5.74, 6) is -0.917. The number of sulfonamides is 1. The Hall–Kier alpha value is -2.46. The molecule has 1 amide bonds. The maximum Gasteiger partial charge on any atom is 0.416 e. The number of piperidine rings is 1. The highest BCUT2D eigenvalue weighted by Gasteiger charge is 2.39. The van der Waals surface area contributed by atoms with E-state index >= 15 is 0 Å². The fourth-order valence-corrected chi connectivity index (χ4v) is 5.66. The van der Waals surface area contributed by atoms with E-state index < -0.39 is 32.6 Å². The van der Waals surface area contributed by atoms with Crippen LogP contribution in [0.3, 0.4) is 0 Å². The van der Waals surface area contributed by atoms with Crippen LogP contribution in [-0.4, -0.2) is 42.7 Å². The third kappa shape index (κ3) is 5.22. The van der Waals surface area contributed by atoms with Gasteiger partial charge >= 0.3 is 6.18 Å². The van der Waals surface area contributed by atoms with E-state index in [9.17, 15) is 30.8 Å². The Morgan fingerprint density at radius 1 is 1.00 bits per heavy atom. The highest BCUT2D eigenvalue weighted by Crippen LogP contribution is 2.34. The molecule has 2 aromatic carbocycles. The summed E-state index contributed by atoms with van der Waals surface area (Å²) in [5.41, 5.74) is -0.593. The zero-order chi connectivity index (χ0) is 23.8. The topological polar surface area (TPSA) is 57.7 Å². The Morgan fingerprint density at radius 3 is 2.27 bits per heavy atom. The van der Waals surface area contributed by atoms with E-state index in [0.29, 0.717) is 11.6 Å². The lowest BCUT2D eigenvalue weighted by atomic mass is 9.96. The van der Waals surface area contributed by atoms with Crippen LogP contribution in [0.5, 0.6) is 0 Å². The monoisotopic (exact) mass is 484 g/mol. The Labute approximate surface area is 190 Å². The molecule has 0 bridgehead atoms. The highest BCUT2D eigenvalue weighted by molar-refractivity contribution is 7.89. The van der Waals surface area contributed by atoms with Crippen LogP contribution >= 0.6 is 0 Å². The minimum absolute atomic E-state index is 0.0349. The lowest BCUT2D eigenvalue weighted by Gasteiger charge is -2.34. The van der Waals surface area contributed by atoms with Gasteiger partial charge in [0.15, 0.2) is 0 Å². The number of hydrogen-bond donors (Lipinski definition) is 0. The Kier molecular flexibility index (Phi) is 6.50. The third-order valence-electron chi connectivity index (χ3n) is 6.17. The normalized spacial score (nSPS) is 18.3. The molecule has 2 aliphatic rings. The summed E-state index contributed by atoms with van der Waals surface area (Å²) in [6.07, 6.45) is -2.42. The smallest absolute Gasteiger partial charge is 0.335 e. The van der Waals surface area contributed by atoms with Crippen LogP contribution in [0.2, 0.25) is 0 Å². The molecule has 0 N–H and O–H groups in total. The van der Waals surface area contributed by atoms with Crippen LogP contribution < -0.4 is 0 Å². The van der Waals surface area contributed by atoms with Crippen LogP contribution in [0.25, 0.3) is 0 Å². The van der Waals surface area contributed by atoms with Gasteiger partial charge < -0.3 is 4.90 Å². The molecule has 5 nitrogen and oxygen atoms in total. The molecule has 1 heterocycles. The molecule has 1 aliphatic carbocycles. The number of hydrogen-bond acceptors (Lipinski definition) is 3. The SMILES string of the molecule is O=C(C1CCN(S(=O)(=O)c2cccc(C(F)(F)F)c2)CC1)N(Cc1ccccc1F)C1CC1. The molecule has 2 fully saturated rings. The molecule has 0 radical (unpaired) electrons. The summed E-state index contributed by atoms with van der Waals surface area (Å²) in [6, 6.07) is 10.0. The lowest BCUT2D eigenvalue weighted by Crippen LogP contribution is -2.45. The second-order valence-electron chi connectivity index (χ2n) is 8.49. The Balaban J connectivity index is 1.43. The van der Waals surface area contributed by atoms with Crippen molar-refractivity contribution < 1.29 is 30.8 Å². The van der Waals surface area contributed by atoms with Gasteiger partial charge in [-0.15, -0.1) is 0 Å². The molecule has 0 atom stereocenters. The van der Waals surface area contributed by atoms with Gasteiger partial charge in [0.2, 0.25) is 15.9 Å². The number of alkyl halides is 3. The van der Waals surface area contributed by atoms with Crippen molar-refractivity contribution in [2.24, 2.45) is 5.92 Å². The third-order valence-corrected chi connectivity index (χ3v) is 8.07. The molecule has 4 rings (SSSR count). The number of halogens is 4. The van der Waals surface area contributed by atoms with Gasteiger partial charge in [0.1, 0.15) is 5.82 Å². The van der Waals surface area contributed by atoms with Gasteiger partial charge in [0.05, 0.1) is 10.5 Å². The first-order valence-corrected chi connectivity index (χ1v) is 12.2. The molecule has 1 saturated carbocycles. The largest absolute Gasteiger partial charge is 0.416 e. The summed E-state index contributed by atoms with van der Waals surface area (Å²) >= 11 is 0. The van der Waals surface area contributed by atoms with Crippen molar-refractivity contribution in [3.63, 3.8) is 0 Å². The Morgan fingerprint density at radius 2 is 1.67 bits per heavy atom. The van der Waals surface area contributed by atoms with E-state index in [2.05, 4.69) is 0 Å². The predicted octanol–water partition coefficient (Wildman–Crippen LogP) is 4.44. The summed E-state index contributed by atoms with van der Waals surface area (Å²) in [5, 5.41) is 0. The van der Waals surface area contributed by atoms with E-state index in [-0.39, 0.29) is 50.2 Å². The van der Waals surface area contributed by atoms with E-state index in [4.69, 9.17) is 0 Å². The summed E-state index contributed by atoms with van der Waals surface area (Å²) in [6.45, 7) is 0.235. The molecule has 0 aromatic heterocycles. The fourth-order valence-electron chi connectivity index (χ4n) is 4.14. The second-order valence-corrected chi connectivity index (χ2v) is 10.4. The minimum Gasteiger partial charge on any atom is -0.335 e. The highest BCUT2D eigenvalue weighted by atomic mass is 32.2. The average molecular weight is 485 g/mol. The molecule has 10 heteroatoms. The molecule has 33 heavy (non-hydrogen) atoms. The first-order chi connectivity index (χ1) is 15.6. The predicted molar refractivity (Wildman–Crippen MR) is 113 cm³/mol. The molecule has 1 aliphatic heterocycles. The van der Waals surface area contributed by atoms with E-state index in [1.165, 1.54) is 6.07 Å². The number of amides is 1. The van der Waals surface area contributed by atoms with Gasteiger partial charge in [-0.3, -0.25) is 4.79 Å². The summed E-state index contributed by atoms with van der Waals surface area (Å²) in [7, 11) is -4.11. The number of carbonyl (C=O) groups is 1. The van der Waals surface area contributed by atoms with Gasteiger partial charge in [-0.05, 0) is 49.9 Å². The van der Waals surface area contributed by atoms with Crippen molar-refractivity contribution in [3.8, 4) is 0 Å². The van der Waals surface area contributed by atoms with Gasteiger partial charge in [-0.25, -0.2) is 12.8 Å². The number of carbonyl (C=O) groups excluding carboxylic acids is 1. The van der Waals surface area contributed by atoms with Crippen LogP contribution in [0.1, 0.15) is 36.8 Å². The van der Waals surface area contributed by atoms with Crippen molar-refractivity contribution in [1.82, 2.24) is 9.21 Å². The standard InChI is InChI=1S/C23H24F4N2O3S/c24-21-7-2-1-4-17(21)15-29(19-8-9-19)22(30)16-10-12-28(13-11-16)33(31,32)20-6-3-5-18(14-20)23(25,26)27/h1-7,14,16,19H,8-13,15H2.